The molecule has 6 aromatic carbocycles. The zero-order valence-electron chi connectivity index (χ0n) is 42.6. The molecule has 69 heavy (non-hydrogen) atoms. The Labute approximate surface area is 424 Å². The van der Waals surface area contributed by atoms with Crippen molar-refractivity contribution < 1.29 is 33.0 Å². The summed E-state index contributed by atoms with van der Waals surface area (Å²) >= 11 is 1.61. The number of benzene rings is 6. The summed E-state index contributed by atoms with van der Waals surface area (Å²) in [5, 5.41) is 4.71. The second-order valence-corrected chi connectivity index (χ2v) is 25.1. The zero-order valence-corrected chi connectivity index (χ0v) is 43.8. The van der Waals surface area contributed by atoms with Crippen molar-refractivity contribution in [2.75, 3.05) is 0 Å². The molecule has 10 heteroatoms. The van der Waals surface area contributed by atoms with Crippen molar-refractivity contribution in [1.29, 1.82) is 0 Å². The number of halogens is 2. The van der Waals surface area contributed by atoms with Gasteiger partial charge in [-0.3, -0.25) is 14.4 Å². The van der Waals surface area contributed by atoms with Crippen LogP contribution in [0.3, 0.4) is 0 Å². The van der Waals surface area contributed by atoms with Crippen molar-refractivity contribution in [1.82, 2.24) is 24.5 Å². The summed E-state index contributed by atoms with van der Waals surface area (Å²) in [6.07, 6.45) is 1.77. The van der Waals surface area contributed by atoms with E-state index in [9.17, 15) is 8.78 Å². The molecule has 0 aliphatic rings. The molecule has 0 N–H and O–H groups in total. The van der Waals surface area contributed by atoms with Gasteiger partial charge in [0.1, 0.15) is 10.6 Å². The summed E-state index contributed by atoms with van der Waals surface area (Å²) in [5.74, 6) is 0.386. The molecular weight excluding hydrogens is 1070 g/mol. The van der Waals surface area contributed by atoms with E-state index < -0.39 is 20.7 Å². The number of aromatic nitrogens is 5. The van der Waals surface area contributed by atoms with Crippen LogP contribution in [0.1, 0.15) is 66.0 Å². The molecule has 347 valence electrons. The molecule has 0 aliphatic heterocycles. The quantitative estimate of drug-likeness (QED) is 0.118. The van der Waals surface area contributed by atoms with Crippen LogP contribution in [-0.2, 0) is 20.1 Å². The Morgan fingerprint density at radius 3 is 2.09 bits per heavy atom. The summed E-state index contributed by atoms with van der Waals surface area (Å²) in [6, 6.07) is 47.2. The van der Waals surface area contributed by atoms with Gasteiger partial charge in [-0.15, -0.1) is 42.0 Å². The van der Waals surface area contributed by atoms with E-state index in [2.05, 4.69) is 142 Å². The van der Waals surface area contributed by atoms with Crippen LogP contribution in [0.5, 0.6) is 0 Å². The van der Waals surface area contributed by atoms with E-state index in [-0.39, 0.29) is 48.9 Å². The van der Waals surface area contributed by atoms with Crippen molar-refractivity contribution >= 4 is 77.7 Å². The van der Waals surface area contributed by atoms with Crippen LogP contribution in [0.2, 0.25) is 19.6 Å². The summed E-state index contributed by atoms with van der Waals surface area (Å²) in [7, 11) is -1.45. The molecule has 5 heterocycles. The van der Waals surface area contributed by atoms with Gasteiger partial charge >= 0.3 is 0 Å². The van der Waals surface area contributed by atoms with E-state index in [1.807, 2.05) is 31.2 Å². The molecule has 5 aromatic heterocycles. The first-order valence-corrected chi connectivity index (χ1v) is 27.2. The van der Waals surface area contributed by atoms with Gasteiger partial charge in [0.05, 0.1) is 36.0 Å². The minimum Gasteiger partial charge on any atom is -0.332 e. The second kappa shape index (κ2) is 18.9. The van der Waals surface area contributed by atoms with E-state index in [1.54, 1.807) is 29.7 Å². The Hall–Kier alpha value is -6.29. The van der Waals surface area contributed by atoms with Gasteiger partial charge in [-0.2, -0.15) is 11.3 Å². The average Bonchev–Trinajstić information content (AvgIpc) is 3.91. The molecule has 5 nitrogen and oxygen atoms in total. The summed E-state index contributed by atoms with van der Waals surface area (Å²) < 4.78 is 54.3. The molecule has 0 fully saturated rings. The largest absolute Gasteiger partial charge is 0.332 e. The summed E-state index contributed by atoms with van der Waals surface area (Å²) in [5.41, 5.74) is 12.0. The molecule has 0 atom stereocenters. The number of imidazole rings is 1. The van der Waals surface area contributed by atoms with Gasteiger partial charge in [-0.1, -0.05) is 119 Å². The van der Waals surface area contributed by atoms with E-state index >= 15 is 0 Å². The molecular formula is C59H51F2IrN5SSi-2. The number of fused-ring (bicyclic) bond motifs is 7. The monoisotopic (exact) mass is 1120 g/mol. The van der Waals surface area contributed by atoms with Crippen molar-refractivity contribution in [2.24, 2.45) is 0 Å². The average molecular weight is 1120 g/mol. The first kappa shape index (κ1) is 44.0. The van der Waals surface area contributed by atoms with Crippen molar-refractivity contribution in [3.63, 3.8) is 0 Å². The Kier molecular flexibility index (Phi) is 12.0. The number of aryl methyl sites for hydroxylation is 2. The number of nitrogens with zero attached hydrogens (tertiary/aromatic N) is 5. The predicted octanol–water partition coefficient (Wildman–Crippen LogP) is 15.9. The third-order valence-electron chi connectivity index (χ3n) is 12.6. The normalized spacial score (nSPS) is 12.7. The van der Waals surface area contributed by atoms with Gasteiger partial charge in [0.15, 0.2) is 0 Å². The molecule has 1 radical (unpaired) electrons. The van der Waals surface area contributed by atoms with E-state index in [1.165, 1.54) is 39.6 Å². The van der Waals surface area contributed by atoms with E-state index in [0.717, 1.165) is 71.1 Å². The Morgan fingerprint density at radius 1 is 0.667 bits per heavy atom. The van der Waals surface area contributed by atoms with Gasteiger partial charge in [-0.25, -0.2) is 9.37 Å². The van der Waals surface area contributed by atoms with Crippen LogP contribution < -0.4 is 5.19 Å². The standard InChI is InChI=1S/C44H34FN4S.C15H17FNSi.Ir/c1-24(2)32-21-28(27-11-7-6-8-12-27)22-33(25(3)4)40(32)49-41-30-18-17-26(5)46-38(30)19-20-39(41)47-43(49)31-14-9-13-29-34-23-35-36(45)15-10-16-37(35)48-44(34)50-42(29)31;1-11-5-7-13(14(16)9-11)15-8-6-12(10-17-15)18(2,3)4;/h6-13,15-25H,1-5H3;5-6,8-10H,1-4H3;/q2*-1;/i;1D3;. The van der Waals surface area contributed by atoms with Crippen LogP contribution >= 0.6 is 11.3 Å². The minimum absolute atomic E-state index is 0. The molecule has 0 saturated carbocycles. The fraction of sp³-hybridized carbons (Fsp3) is 0.186. The fourth-order valence-corrected chi connectivity index (χ4v) is 11.2. The number of thiophene rings is 1. The number of hydrogen-bond donors (Lipinski definition) is 0. The molecule has 11 rings (SSSR count). The van der Waals surface area contributed by atoms with E-state index in [0.29, 0.717) is 16.6 Å². The van der Waals surface area contributed by atoms with Crippen LogP contribution in [0.15, 0.2) is 134 Å². The first-order chi connectivity index (χ1) is 33.8. The fourth-order valence-electron chi connectivity index (χ4n) is 9.00. The van der Waals surface area contributed by atoms with Crippen LogP contribution in [-0.4, -0.2) is 32.6 Å². The Balaban J connectivity index is 0.000000245. The summed E-state index contributed by atoms with van der Waals surface area (Å²) in [6.45, 7) is 15.4. The maximum absolute atomic E-state index is 15.0. The smallest absolute Gasteiger partial charge is 0.132 e. The molecule has 0 amide bonds. The molecule has 11 aromatic rings. The van der Waals surface area contributed by atoms with E-state index in [4.69, 9.17) is 19.1 Å². The first-order valence-electron chi connectivity index (χ1n) is 24.4. The molecule has 0 aliphatic carbocycles. The summed E-state index contributed by atoms with van der Waals surface area (Å²) in [4.78, 5) is 20.5. The Bertz CT molecular complexity index is 3820. The zero-order chi connectivity index (χ0) is 50.1. The van der Waals surface area contributed by atoms with Crippen molar-refractivity contribution in [2.45, 2.75) is 72.9 Å². The van der Waals surface area contributed by atoms with Crippen molar-refractivity contribution in [3.05, 3.63) is 180 Å². The van der Waals surface area contributed by atoms with Gasteiger partial charge in [0, 0.05) is 63.8 Å². The third kappa shape index (κ3) is 8.96. The SMILES string of the molecule is Cc1ccc2c(ccc3nc(-c4[c-]ccc5c4sc4nc6cccc(F)c6cc45)n(-c4c(C(C)C)cc(-c5ccccc5)cc4C(C)C)c32)n1.[2H]C([2H])([2H])c1c[c-]c(-c2ccc([Si](C)(C)C)cn2)c(F)c1.[Ir]. The topological polar surface area (TPSA) is 56.5 Å². The predicted molar refractivity (Wildman–Crippen MR) is 283 cm³/mol. The van der Waals surface area contributed by atoms with Gasteiger partial charge in [0.2, 0.25) is 0 Å². The second-order valence-electron chi connectivity index (χ2n) is 19.0. The molecule has 0 spiro atoms. The van der Waals surface area contributed by atoms with Gasteiger partial charge in [-0.05, 0) is 111 Å². The maximum atomic E-state index is 15.0. The molecule has 0 unspecified atom stereocenters. The molecule has 0 saturated heterocycles. The van der Waals surface area contributed by atoms with Crippen LogP contribution in [0.25, 0.3) is 92.6 Å². The number of pyridine rings is 3. The number of hydrogen-bond acceptors (Lipinski definition) is 5. The van der Waals surface area contributed by atoms with Crippen LogP contribution in [0, 0.1) is 37.5 Å². The maximum Gasteiger partial charge on any atom is 0.132 e. The third-order valence-corrected chi connectivity index (χ3v) is 15.7. The minimum atomic E-state index is -2.33. The van der Waals surface area contributed by atoms with Gasteiger partial charge in [0.25, 0.3) is 0 Å². The van der Waals surface area contributed by atoms with Crippen molar-refractivity contribution in [3.8, 4) is 39.5 Å². The van der Waals surface area contributed by atoms with Crippen LogP contribution in [0.4, 0.5) is 8.78 Å². The van der Waals surface area contributed by atoms with Gasteiger partial charge < -0.3 is 9.55 Å². The number of rotatable bonds is 7. The molecule has 0 bridgehead atoms. The Morgan fingerprint density at radius 2 is 1.41 bits per heavy atom.